The number of carbonyl (C=O) groups is 3. The third-order valence-corrected chi connectivity index (χ3v) is 6.33. The molecule has 200 valence electrons. The van der Waals surface area contributed by atoms with Crippen molar-refractivity contribution in [2.75, 3.05) is 13.7 Å². The zero-order chi connectivity index (χ0) is 27.0. The number of phosphoric acid groups is 1. The molecule has 0 unspecified atom stereocenters. The van der Waals surface area contributed by atoms with Gasteiger partial charge in [-0.2, -0.15) is 0 Å². The quantitative estimate of drug-likeness (QED) is 0.338. The lowest BCUT2D eigenvalue weighted by atomic mass is 10.0. The first-order valence-corrected chi connectivity index (χ1v) is 13.4. The minimum Gasteiger partial charge on any atom is -0.497 e. The minimum absolute atomic E-state index is 0.0298. The summed E-state index contributed by atoms with van der Waals surface area (Å²) in [5.41, 5.74) is 1.54. The Bertz CT molecular complexity index is 1150. The molecular weight excluding hydrogens is 501 g/mol. The van der Waals surface area contributed by atoms with Gasteiger partial charge in [-0.25, -0.2) is 4.57 Å². The van der Waals surface area contributed by atoms with E-state index in [9.17, 15) is 18.9 Å². The summed E-state index contributed by atoms with van der Waals surface area (Å²) in [6, 6.07) is 11.6. The number of ether oxygens (including phenoxy) is 1. The van der Waals surface area contributed by atoms with Crippen molar-refractivity contribution in [3.05, 3.63) is 59.7 Å². The number of nitrogens with one attached hydrogen (secondary N) is 2. The van der Waals surface area contributed by atoms with Crippen LogP contribution in [0, 0.1) is 0 Å². The molecule has 0 saturated carbocycles. The molecule has 1 aliphatic rings. The van der Waals surface area contributed by atoms with E-state index in [2.05, 4.69) is 15.2 Å². The Morgan fingerprint density at radius 1 is 1.11 bits per heavy atom. The van der Waals surface area contributed by atoms with Crippen LogP contribution in [0.25, 0.3) is 0 Å². The van der Waals surface area contributed by atoms with Gasteiger partial charge in [-0.3, -0.25) is 24.2 Å². The highest BCUT2D eigenvalue weighted by molar-refractivity contribution is 7.46. The van der Waals surface area contributed by atoms with Crippen LogP contribution in [-0.4, -0.2) is 58.1 Å². The lowest BCUT2D eigenvalue weighted by molar-refractivity contribution is -0.137. The largest absolute Gasteiger partial charge is 0.524 e. The molecular formula is C25H32N3O8P. The number of hydrogen-bond acceptors (Lipinski definition) is 6. The molecule has 1 aliphatic heterocycles. The van der Waals surface area contributed by atoms with Gasteiger partial charge in [0.15, 0.2) is 0 Å². The van der Waals surface area contributed by atoms with E-state index in [1.807, 2.05) is 24.3 Å². The van der Waals surface area contributed by atoms with E-state index < -0.39 is 31.7 Å². The van der Waals surface area contributed by atoms with Gasteiger partial charge in [0, 0.05) is 26.4 Å². The zero-order valence-electron chi connectivity index (χ0n) is 20.8. The summed E-state index contributed by atoms with van der Waals surface area (Å²) in [5, 5.41) is 5.44. The SMILES string of the molecule is COc1cccc(CN2CCCC[C@H](NC(=O)[C@H](Cc3ccc(OP(=O)(O)O)cc3)NC(C)=O)C2=O)c1. The van der Waals surface area contributed by atoms with E-state index in [0.717, 1.165) is 18.4 Å². The van der Waals surface area contributed by atoms with Crippen molar-refractivity contribution in [1.29, 1.82) is 0 Å². The molecule has 12 heteroatoms. The molecule has 0 radical (unpaired) electrons. The molecule has 3 amide bonds. The van der Waals surface area contributed by atoms with Gasteiger partial charge < -0.3 is 24.8 Å². The fraction of sp³-hybridized carbons (Fsp3) is 0.400. The van der Waals surface area contributed by atoms with E-state index in [4.69, 9.17) is 14.5 Å². The molecule has 2 atom stereocenters. The number of benzene rings is 2. The summed E-state index contributed by atoms with van der Waals surface area (Å²) < 4.78 is 20.8. The summed E-state index contributed by atoms with van der Waals surface area (Å²) in [6.07, 6.45) is 2.16. The van der Waals surface area contributed by atoms with Gasteiger partial charge in [-0.1, -0.05) is 24.3 Å². The topological polar surface area (TPSA) is 154 Å². The van der Waals surface area contributed by atoms with Crippen molar-refractivity contribution in [1.82, 2.24) is 15.5 Å². The summed E-state index contributed by atoms with van der Waals surface area (Å²) >= 11 is 0. The Labute approximate surface area is 215 Å². The van der Waals surface area contributed by atoms with Crippen LogP contribution in [0.4, 0.5) is 0 Å². The van der Waals surface area contributed by atoms with Gasteiger partial charge in [-0.05, 0) is 54.7 Å². The van der Waals surface area contributed by atoms with Crippen LogP contribution < -0.4 is 19.9 Å². The zero-order valence-corrected chi connectivity index (χ0v) is 21.6. The second-order valence-corrected chi connectivity index (χ2v) is 10.0. The van der Waals surface area contributed by atoms with Gasteiger partial charge in [0.1, 0.15) is 23.6 Å². The summed E-state index contributed by atoms with van der Waals surface area (Å²) in [5.74, 6) is -0.420. The van der Waals surface area contributed by atoms with Gasteiger partial charge >= 0.3 is 7.82 Å². The predicted octanol–water partition coefficient (Wildman–Crippen LogP) is 1.91. The summed E-state index contributed by atoms with van der Waals surface area (Å²) in [6.45, 7) is 2.26. The van der Waals surface area contributed by atoms with Crippen molar-refractivity contribution in [3.8, 4) is 11.5 Å². The Morgan fingerprint density at radius 3 is 2.49 bits per heavy atom. The molecule has 0 aliphatic carbocycles. The maximum absolute atomic E-state index is 13.3. The average molecular weight is 534 g/mol. The molecule has 2 aromatic carbocycles. The van der Waals surface area contributed by atoms with Crippen LogP contribution in [0.5, 0.6) is 11.5 Å². The lowest BCUT2D eigenvalue weighted by Crippen LogP contribution is -2.54. The normalized spacial score (nSPS) is 16.9. The van der Waals surface area contributed by atoms with Crippen molar-refractivity contribution in [3.63, 3.8) is 0 Å². The highest BCUT2D eigenvalue weighted by atomic mass is 31.2. The Morgan fingerprint density at radius 2 is 1.84 bits per heavy atom. The fourth-order valence-electron chi connectivity index (χ4n) is 4.17. The molecule has 3 rings (SSSR count). The van der Waals surface area contributed by atoms with Crippen LogP contribution in [-0.2, 0) is 31.9 Å². The van der Waals surface area contributed by atoms with E-state index >= 15 is 0 Å². The Balaban J connectivity index is 1.69. The number of methoxy groups -OCH3 is 1. The van der Waals surface area contributed by atoms with E-state index in [1.165, 1.54) is 19.1 Å². The molecule has 37 heavy (non-hydrogen) atoms. The molecule has 2 aromatic rings. The Kier molecular flexibility index (Phi) is 9.68. The van der Waals surface area contributed by atoms with Gasteiger partial charge in [0.25, 0.3) is 0 Å². The minimum atomic E-state index is -4.69. The first-order valence-electron chi connectivity index (χ1n) is 11.9. The number of hydrogen-bond donors (Lipinski definition) is 4. The van der Waals surface area contributed by atoms with Crippen molar-refractivity contribution >= 4 is 25.5 Å². The number of rotatable bonds is 10. The molecule has 11 nitrogen and oxygen atoms in total. The van der Waals surface area contributed by atoms with Crippen LogP contribution in [0.15, 0.2) is 48.5 Å². The maximum Gasteiger partial charge on any atom is 0.524 e. The molecule has 1 fully saturated rings. The van der Waals surface area contributed by atoms with Crippen LogP contribution in [0.2, 0.25) is 0 Å². The predicted molar refractivity (Wildman–Crippen MR) is 135 cm³/mol. The number of carbonyl (C=O) groups excluding carboxylic acids is 3. The Hall–Kier alpha value is -3.40. The molecule has 1 heterocycles. The van der Waals surface area contributed by atoms with Crippen LogP contribution in [0.3, 0.4) is 0 Å². The number of likely N-dealkylation sites (tertiary alicyclic amines) is 1. The van der Waals surface area contributed by atoms with Gasteiger partial charge in [-0.15, -0.1) is 0 Å². The highest BCUT2D eigenvalue weighted by Gasteiger charge is 2.31. The molecule has 1 saturated heterocycles. The third kappa shape index (κ3) is 8.89. The van der Waals surface area contributed by atoms with Crippen molar-refractivity contribution in [2.24, 2.45) is 0 Å². The first kappa shape index (κ1) is 28.2. The maximum atomic E-state index is 13.3. The van der Waals surface area contributed by atoms with Crippen molar-refractivity contribution in [2.45, 2.75) is 51.2 Å². The highest BCUT2D eigenvalue weighted by Crippen LogP contribution is 2.37. The second kappa shape index (κ2) is 12.7. The van der Waals surface area contributed by atoms with Gasteiger partial charge in [0.05, 0.1) is 7.11 Å². The molecule has 0 bridgehead atoms. The fourth-order valence-corrected chi connectivity index (χ4v) is 4.57. The van der Waals surface area contributed by atoms with Gasteiger partial charge in [0.2, 0.25) is 17.7 Å². The lowest BCUT2D eigenvalue weighted by Gasteiger charge is -2.27. The molecule has 0 spiro atoms. The first-order chi connectivity index (χ1) is 17.5. The van der Waals surface area contributed by atoms with Crippen LogP contribution >= 0.6 is 7.82 Å². The third-order valence-electron chi connectivity index (χ3n) is 5.89. The smallest absolute Gasteiger partial charge is 0.497 e. The van der Waals surface area contributed by atoms with E-state index in [0.29, 0.717) is 30.8 Å². The number of phosphoric ester groups is 1. The van der Waals surface area contributed by atoms with E-state index in [-0.39, 0.29) is 18.1 Å². The van der Waals surface area contributed by atoms with E-state index in [1.54, 1.807) is 24.1 Å². The number of nitrogens with zero attached hydrogens (tertiary/aromatic N) is 1. The van der Waals surface area contributed by atoms with Crippen molar-refractivity contribution < 1.29 is 38.0 Å². The standard InChI is InChI=1S/C25H32N3O8P/c1-17(29)26-23(15-18-9-11-20(12-10-18)36-37(32,33)34)24(30)27-22-8-3-4-13-28(25(22)31)16-19-6-5-7-21(14-19)35-2/h5-7,9-12,14,22-23H,3-4,8,13,15-16H2,1-2H3,(H,26,29)(H,27,30)(H2,32,33,34)/t22-,23-/m0/s1. The average Bonchev–Trinajstić information content (AvgIpc) is 3.00. The number of amides is 3. The van der Waals surface area contributed by atoms with Crippen LogP contribution in [0.1, 0.15) is 37.3 Å². The molecule has 0 aromatic heterocycles. The molecule has 4 N–H and O–H groups in total. The summed E-state index contributed by atoms with van der Waals surface area (Å²) in [4.78, 5) is 57.9. The second-order valence-electron chi connectivity index (χ2n) is 8.85. The summed E-state index contributed by atoms with van der Waals surface area (Å²) in [7, 11) is -3.11. The monoisotopic (exact) mass is 533 g/mol.